The minimum absolute atomic E-state index is 0.120. The highest BCUT2D eigenvalue weighted by Gasteiger charge is 2.16. The van der Waals surface area contributed by atoms with Crippen molar-refractivity contribution in [3.8, 4) is 5.75 Å². The maximum Gasteiger partial charge on any atom is 0.307 e. The number of hydrogen-bond donors (Lipinski definition) is 1. The highest BCUT2D eigenvalue weighted by Crippen LogP contribution is 2.21. The third kappa shape index (κ3) is 3.76. The molecule has 0 aliphatic heterocycles. The Bertz CT molecular complexity index is 1070. The van der Waals surface area contributed by atoms with Crippen molar-refractivity contribution in [2.45, 2.75) is 18.4 Å². The lowest BCUT2D eigenvalue weighted by Crippen LogP contribution is -2.23. The Morgan fingerprint density at radius 1 is 1.20 bits per heavy atom. The molecule has 8 heteroatoms. The van der Waals surface area contributed by atoms with Gasteiger partial charge in [-0.1, -0.05) is 23.5 Å². The number of sulfonamides is 1. The van der Waals surface area contributed by atoms with Crippen LogP contribution in [-0.4, -0.2) is 19.6 Å². The topological polar surface area (TPSA) is 77.4 Å². The average Bonchev–Trinajstić information content (AvgIpc) is 2.88. The summed E-state index contributed by atoms with van der Waals surface area (Å²) < 4.78 is 35.2. The summed E-state index contributed by atoms with van der Waals surface area (Å²) >= 11 is 1.03. The minimum atomic E-state index is -3.67. The van der Waals surface area contributed by atoms with E-state index in [1.807, 2.05) is 25.1 Å². The molecule has 0 unspecified atom stereocenters. The van der Waals surface area contributed by atoms with Gasteiger partial charge in [0.15, 0.2) is 0 Å². The van der Waals surface area contributed by atoms with Crippen LogP contribution in [0.1, 0.15) is 12.5 Å². The molecule has 1 N–H and O–H groups in total. The second-order valence-corrected chi connectivity index (χ2v) is 8.22. The summed E-state index contributed by atoms with van der Waals surface area (Å²) in [6, 6.07) is 12.0. The summed E-state index contributed by atoms with van der Waals surface area (Å²) in [5.41, 5.74) is 1.53. The van der Waals surface area contributed by atoms with Crippen molar-refractivity contribution < 1.29 is 13.2 Å². The number of aromatic nitrogens is 1. The van der Waals surface area contributed by atoms with E-state index in [1.54, 1.807) is 19.2 Å². The van der Waals surface area contributed by atoms with Gasteiger partial charge in [-0.25, -0.2) is 13.1 Å². The number of hydrogen-bond acceptors (Lipinski definition) is 5. The predicted molar refractivity (Wildman–Crippen MR) is 98.7 cm³/mol. The molecule has 0 aliphatic carbocycles. The first kappa shape index (κ1) is 17.7. The molecule has 1 heterocycles. The summed E-state index contributed by atoms with van der Waals surface area (Å²) in [6.45, 7) is 2.60. The van der Waals surface area contributed by atoms with Crippen LogP contribution in [0.15, 0.2) is 52.2 Å². The van der Waals surface area contributed by atoms with E-state index in [0.717, 1.165) is 22.4 Å². The summed E-state index contributed by atoms with van der Waals surface area (Å²) in [4.78, 5) is 11.7. The quantitative estimate of drug-likeness (QED) is 0.715. The van der Waals surface area contributed by atoms with Crippen molar-refractivity contribution in [2.24, 2.45) is 7.05 Å². The number of nitrogens with zero attached hydrogens (tertiary/aromatic N) is 1. The lowest BCUT2D eigenvalue weighted by atomic mass is 10.2. The van der Waals surface area contributed by atoms with Gasteiger partial charge in [-0.2, -0.15) is 0 Å². The zero-order chi connectivity index (χ0) is 18.0. The first-order chi connectivity index (χ1) is 11.9. The molecular weight excluding hydrogens is 360 g/mol. The Labute approximate surface area is 149 Å². The molecule has 0 saturated heterocycles. The molecule has 0 fully saturated rings. The van der Waals surface area contributed by atoms with Crippen molar-refractivity contribution >= 4 is 31.6 Å². The van der Waals surface area contributed by atoms with Crippen LogP contribution in [-0.2, 0) is 23.6 Å². The molecule has 0 radical (unpaired) electrons. The Balaban J connectivity index is 1.82. The van der Waals surface area contributed by atoms with E-state index in [2.05, 4.69) is 4.72 Å². The Morgan fingerprint density at radius 2 is 2.00 bits per heavy atom. The largest absolute Gasteiger partial charge is 0.494 e. The first-order valence-corrected chi connectivity index (χ1v) is 10.0. The molecule has 0 bridgehead atoms. The highest BCUT2D eigenvalue weighted by molar-refractivity contribution is 7.89. The number of benzene rings is 2. The minimum Gasteiger partial charge on any atom is -0.494 e. The summed E-state index contributed by atoms with van der Waals surface area (Å²) in [5.74, 6) is 0.703. The van der Waals surface area contributed by atoms with Crippen molar-refractivity contribution in [3.63, 3.8) is 0 Å². The Morgan fingerprint density at radius 3 is 2.76 bits per heavy atom. The number of fused-ring (bicyclic) bond motifs is 1. The maximum atomic E-state index is 12.5. The summed E-state index contributed by atoms with van der Waals surface area (Å²) in [7, 11) is -2.01. The van der Waals surface area contributed by atoms with Crippen molar-refractivity contribution in [1.82, 2.24) is 9.29 Å². The van der Waals surface area contributed by atoms with Gasteiger partial charge < -0.3 is 9.30 Å². The fourth-order valence-electron chi connectivity index (χ4n) is 2.45. The number of aryl methyl sites for hydroxylation is 1. The summed E-state index contributed by atoms with van der Waals surface area (Å²) in [5, 5.41) is 0. The SMILES string of the molecule is CCOc1cccc(CNS(=O)(=O)c2ccc3c(c2)sc(=O)n3C)c1. The molecule has 3 aromatic rings. The molecule has 1 aromatic heterocycles. The molecule has 6 nitrogen and oxygen atoms in total. The van der Waals surface area contributed by atoms with Crippen molar-refractivity contribution in [3.05, 3.63) is 57.7 Å². The number of rotatable bonds is 6. The van der Waals surface area contributed by atoms with Gasteiger partial charge in [0.25, 0.3) is 0 Å². The predicted octanol–water partition coefficient (Wildman–Crippen LogP) is 2.48. The Hall–Kier alpha value is -2.16. The van der Waals surface area contributed by atoms with Gasteiger partial charge in [0.2, 0.25) is 10.0 Å². The van der Waals surface area contributed by atoms with Crippen LogP contribution >= 0.6 is 11.3 Å². The van der Waals surface area contributed by atoms with Crippen LogP contribution in [0.5, 0.6) is 5.75 Å². The van der Waals surface area contributed by atoms with E-state index in [4.69, 9.17) is 4.74 Å². The van der Waals surface area contributed by atoms with E-state index < -0.39 is 10.0 Å². The van der Waals surface area contributed by atoms with E-state index >= 15 is 0 Å². The first-order valence-electron chi connectivity index (χ1n) is 7.71. The van der Waals surface area contributed by atoms with E-state index in [1.165, 1.54) is 16.7 Å². The smallest absolute Gasteiger partial charge is 0.307 e. The second kappa shape index (κ2) is 6.99. The maximum absolute atomic E-state index is 12.5. The molecule has 2 aromatic carbocycles. The van der Waals surface area contributed by atoms with Gasteiger partial charge in [0, 0.05) is 13.6 Å². The average molecular weight is 378 g/mol. The van der Waals surface area contributed by atoms with Gasteiger partial charge >= 0.3 is 4.87 Å². The molecule has 0 saturated carbocycles. The van der Waals surface area contributed by atoms with Gasteiger partial charge in [0.05, 0.1) is 21.7 Å². The van der Waals surface area contributed by atoms with Crippen molar-refractivity contribution in [1.29, 1.82) is 0 Å². The molecule has 3 rings (SSSR count). The molecular formula is C17H18N2O4S2. The third-order valence-corrected chi connectivity index (χ3v) is 6.14. The number of nitrogens with one attached hydrogen (secondary N) is 1. The van der Waals surface area contributed by atoms with Gasteiger partial charge in [-0.05, 0) is 42.8 Å². The second-order valence-electron chi connectivity index (χ2n) is 5.46. The monoisotopic (exact) mass is 378 g/mol. The van der Waals surface area contributed by atoms with Crippen LogP contribution in [0.3, 0.4) is 0 Å². The fraction of sp³-hybridized carbons (Fsp3) is 0.235. The van der Waals surface area contributed by atoms with Crippen LogP contribution in [0.25, 0.3) is 10.2 Å². The molecule has 0 atom stereocenters. The highest BCUT2D eigenvalue weighted by atomic mass is 32.2. The standard InChI is InChI=1S/C17H18N2O4S2/c1-3-23-13-6-4-5-12(9-13)11-18-25(21,22)14-7-8-15-16(10-14)24-17(20)19(15)2/h4-10,18H,3,11H2,1-2H3. The molecule has 25 heavy (non-hydrogen) atoms. The van der Waals surface area contributed by atoms with E-state index in [-0.39, 0.29) is 16.3 Å². The lowest BCUT2D eigenvalue weighted by molar-refractivity contribution is 0.340. The normalized spacial score (nSPS) is 11.8. The van der Waals surface area contributed by atoms with Crippen LogP contribution in [0.2, 0.25) is 0 Å². The van der Waals surface area contributed by atoms with Gasteiger partial charge in [-0.15, -0.1) is 0 Å². The third-order valence-electron chi connectivity index (χ3n) is 3.75. The molecule has 132 valence electrons. The van der Waals surface area contributed by atoms with Crippen molar-refractivity contribution in [2.75, 3.05) is 6.61 Å². The zero-order valence-corrected chi connectivity index (χ0v) is 15.5. The summed E-state index contributed by atoms with van der Waals surface area (Å²) in [6.07, 6.45) is 0. The molecule has 0 amide bonds. The van der Waals surface area contributed by atoms with Gasteiger partial charge in [-0.3, -0.25) is 4.79 Å². The fourth-order valence-corrected chi connectivity index (χ4v) is 4.49. The van der Waals surface area contributed by atoms with Crippen LogP contribution in [0, 0.1) is 0 Å². The van der Waals surface area contributed by atoms with Crippen LogP contribution in [0.4, 0.5) is 0 Å². The van der Waals surface area contributed by atoms with Crippen LogP contribution < -0.4 is 14.3 Å². The van der Waals surface area contributed by atoms with E-state index in [0.29, 0.717) is 17.1 Å². The number of ether oxygens (including phenoxy) is 1. The Kier molecular flexibility index (Phi) is 4.94. The zero-order valence-electron chi connectivity index (χ0n) is 13.9. The molecule has 0 spiro atoms. The number of thiazole rings is 1. The molecule has 0 aliphatic rings. The lowest BCUT2D eigenvalue weighted by Gasteiger charge is -2.09. The van der Waals surface area contributed by atoms with E-state index in [9.17, 15) is 13.2 Å². The van der Waals surface area contributed by atoms with Gasteiger partial charge in [0.1, 0.15) is 5.75 Å².